The Morgan fingerprint density at radius 2 is 1.14 bits per heavy atom. The van der Waals surface area contributed by atoms with Crippen LogP contribution in [0.1, 0.15) is 99.8 Å². The van der Waals surface area contributed by atoms with E-state index in [1.165, 1.54) is 64.5 Å². The van der Waals surface area contributed by atoms with E-state index in [-0.39, 0.29) is 0 Å². The first-order valence-corrected chi connectivity index (χ1v) is 9.66. The van der Waals surface area contributed by atoms with Crippen LogP contribution in [0.5, 0.6) is 0 Å². The van der Waals surface area contributed by atoms with Crippen molar-refractivity contribution in [2.24, 2.45) is 11.8 Å². The average Bonchev–Trinajstić information content (AvgIpc) is 2.37. The van der Waals surface area contributed by atoms with Crippen molar-refractivity contribution in [1.29, 1.82) is 0 Å². The first kappa shape index (κ1) is 21.0. The van der Waals surface area contributed by atoms with Gasteiger partial charge < -0.3 is 0 Å². The molecule has 0 unspecified atom stereocenters. The van der Waals surface area contributed by atoms with Crippen LogP contribution in [0.25, 0.3) is 0 Å². The summed E-state index contributed by atoms with van der Waals surface area (Å²) in [4.78, 5) is 2.89. The average molecular weight is 298 g/mol. The van der Waals surface area contributed by atoms with Gasteiger partial charge in [0.15, 0.2) is 0 Å². The van der Waals surface area contributed by atoms with E-state index >= 15 is 0 Å². The summed E-state index contributed by atoms with van der Waals surface area (Å²) in [7, 11) is 0. The molecular formula is C20H43N. The van der Waals surface area contributed by atoms with E-state index in [9.17, 15) is 0 Å². The van der Waals surface area contributed by atoms with Gasteiger partial charge in [-0.15, -0.1) is 0 Å². The van der Waals surface area contributed by atoms with Crippen molar-refractivity contribution < 1.29 is 0 Å². The summed E-state index contributed by atoms with van der Waals surface area (Å²) in [5, 5.41) is 0. The van der Waals surface area contributed by atoms with E-state index in [4.69, 9.17) is 0 Å². The van der Waals surface area contributed by atoms with Gasteiger partial charge >= 0.3 is 0 Å². The third kappa shape index (κ3) is 8.24. The normalized spacial score (nSPS) is 12.9. The number of hydrogen-bond donors (Lipinski definition) is 0. The molecule has 0 spiro atoms. The Labute approximate surface area is 135 Å². The second kappa shape index (κ2) is 11.5. The lowest BCUT2D eigenvalue weighted by Crippen LogP contribution is -2.51. The number of hydrogen-bond acceptors (Lipinski definition) is 1. The van der Waals surface area contributed by atoms with Crippen LogP contribution in [0.15, 0.2) is 0 Å². The fourth-order valence-corrected chi connectivity index (χ4v) is 3.97. The highest BCUT2D eigenvalue weighted by molar-refractivity contribution is 4.92. The van der Waals surface area contributed by atoms with Crippen LogP contribution >= 0.6 is 0 Å². The summed E-state index contributed by atoms with van der Waals surface area (Å²) in [5.74, 6) is 1.59. The molecule has 0 aliphatic heterocycles. The Kier molecular flexibility index (Phi) is 11.5. The van der Waals surface area contributed by atoms with Crippen LogP contribution in [-0.4, -0.2) is 23.5 Å². The second-order valence-electron chi connectivity index (χ2n) is 7.86. The molecular weight excluding hydrogens is 254 g/mol. The Balaban J connectivity index is 5.25. The van der Waals surface area contributed by atoms with Crippen LogP contribution in [0, 0.1) is 11.8 Å². The van der Waals surface area contributed by atoms with Crippen molar-refractivity contribution in [2.75, 3.05) is 13.1 Å². The lowest BCUT2D eigenvalue weighted by Gasteiger charge is -2.47. The summed E-state index contributed by atoms with van der Waals surface area (Å²) in [6, 6.07) is 0. The standard InChI is InChI=1S/C20H43N/c1-8-11-14-21(15-12-9-2)20(13-10-3,16-18(4)5)17-19(6)7/h18-19H,8-17H2,1-7H3. The monoisotopic (exact) mass is 297 g/mol. The van der Waals surface area contributed by atoms with Gasteiger partial charge in [-0.2, -0.15) is 0 Å². The molecule has 0 saturated carbocycles. The molecule has 1 heteroatoms. The predicted molar refractivity (Wildman–Crippen MR) is 97.9 cm³/mol. The molecule has 0 radical (unpaired) electrons. The first-order chi connectivity index (χ1) is 9.91. The van der Waals surface area contributed by atoms with Crippen LogP contribution in [-0.2, 0) is 0 Å². The molecule has 0 N–H and O–H groups in total. The highest BCUT2D eigenvalue weighted by Crippen LogP contribution is 2.36. The third-order valence-electron chi connectivity index (χ3n) is 4.53. The van der Waals surface area contributed by atoms with E-state index in [2.05, 4.69) is 53.4 Å². The van der Waals surface area contributed by atoms with Crippen molar-refractivity contribution in [1.82, 2.24) is 4.90 Å². The van der Waals surface area contributed by atoms with Crippen molar-refractivity contribution in [3.8, 4) is 0 Å². The van der Waals surface area contributed by atoms with Crippen molar-refractivity contribution in [3.63, 3.8) is 0 Å². The van der Waals surface area contributed by atoms with E-state index < -0.39 is 0 Å². The number of rotatable bonds is 13. The minimum absolute atomic E-state index is 0.446. The summed E-state index contributed by atoms with van der Waals surface area (Å²) < 4.78 is 0. The molecule has 0 aliphatic rings. The minimum Gasteiger partial charge on any atom is -0.298 e. The van der Waals surface area contributed by atoms with Gasteiger partial charge in [0.05, 0.1) is 0 Å². The van der Waals surface area contributed by atoms with Gasteiger partial charge in [0.1, 0.15) is 0 Å². The second-order valence-corrected chi connectivity index (χ2v) is 7.86. The van der Waals surface area contributed by atoms with E-state index in [0.29, 0.717) is 5.54 Å². The Hall–Kier alpha value is -0.0400. The molecule has 1 nitrogen and oxygen atoms in total. The van der Waals surface area contributed by atoms with Gasteiger partial charge in [-0.1, -0.05) is 67.7 Å². The first-order valence-electron chi connectivity index (χ1n) is 9.66. The maximum Gasteiger partial charge on any atom is 0.0214 e. The summed E-state index contributed by atoms with van der Waals surface area (Å²) in [6.07, 6.45) is 10.8. The largest absolute Gasteiger partial charge is 0.298 e. The van der Waals surface area contributed by atoms with Gasteiger partial charge in [-0.3, -0.25) is 4.90 Å². The predicted octanol–water partition coefficient (Wildman–Crippen LogP) is 6.52. The van der Waals surface area contributed by atoms with Crippen molar-refractivity contribution in [2.45, 2.75) is 105 Å². The summed E-state index contributed by atoms with van der Waals surface area (Å²) in [5.41, 5.74) is 0.446. The van der Waals surface area contributed by atoms with Gasteiger partial charge in [-0.25, -0.2) is 0 Å². The van der Waals surface area contributed by atoms with Gasteiger partial charge in [0.2, 0.25) is 0 Å². The molecule has 0 bridgehead atoms. The molecule has 0 aliphatic carbocycles. The molecule has 0 aromatic carbocycles. The topological polar surface area (TPSA) is 3.24 Å². The van der Waals surface area contributed by atoms with Gasteiger partial charge in [0, 0.05) is 5.54 Å². The van der Waals surface area contributed by atoms with E-state index in [1.807, 2.05) is 0 Å². The van der Waals surface area contributed by atoms with Gasteiger partial charge in [-0.05, 0) is 57.0 Å². The van der Waals surface area contributed by atoms with Crippen LogP contribution in [0.3, 0.4) is 0 Å². The number of nitrogens with zero attached hydrogens (tertiary/aromatic N) is 1. The quantitative estimate of drug-likeness (QED) is 0.374. The molecule has 0 aromatic rings. The Bertz CT molecular complexity index is 214. The Morgan fingerprint density at radius 1 is 0.714 bits per heavy atom. The lowest BCUT2D eigenvalue weighted by molar-refractivity contribution is 0.0349. The van der Waals surface area contributed by atoms with Crippen LogP contribution < -0.4 is 0 Å². The van der Waals surface area contributed by atoms with E-state index in [0.717, 1.165) is 11.8 Å². The molecule has 0 atom stereocenters. The molecule has 0 amide bonds. The Morgan fingerprint density at radius 3 is 1.43 bits per heavy atom. The van der Waals surface area contributed by atoms with Crippen molar-refractivity contribution in [3.05, 3.63) is 0 Å². The van der Waals surface area contributed by atoms with Gasteiger partial charge in [0.25, 0.3) is 0 Å². The number of unbranched alkanes of at least 4 members (excludes halogenated alkanes) is 2. The molecule has 128 valence electrons. The maximum absolute atomic E-state index is 2.89. The maximum atomic E-state index is 2.89. The third-order valence-corrected chi connectivity index (χ3v) is 4.53. The minimum atomic E-state index is 0.446. The molecule has 0 rings (SSSR count). The fourth-order valence-electron chi connectivity index (χ4n) is 3.97. The zero-order chi connectivity index (χ0) is 16.3. The molecule has 0 aromatic heterocycles. The molecule has 0 saturated heterocycles. The summed E-state index contributed by atoms with van der Waals surface area (Å²) >= 11 is 0. The highest BCUT2D eigenvalue weighted by Gasteiger charge is 2.36. The van der Waals surface area contributed by atoms with Crippen LogP contribution in [0.4, 0.5) is 0 Å². The fraction of sp³-hybridized carbons (Fsp3) is 1.00. The lowest BCUT2D eigenvalue weighted by atomic mass is 9.77. The van der Waals surface area contributed by atoms with Crippen LogP contribution in [0.2, 0.25) is 0 Å². The molecule has 0 heterocycles. The van der Waals surface area contributed by atoms with Crippen molar-refractivity contribution >= 4 is 0 Å². The molecule has 21 heavy (non-hydrogen) atoms. The van der Waals surface area contributed by atoms with E-state index in [1.54, 1.807) is 0 Å². The summed E-state index contributed by atoms with van der Waals surface area (Å²) in [6.45, 7) is 19.2. The zero-order valence-corrected chi connectivity index (χ0v) is 16.2. The molecule has 0 fully saturated rings. The highest BCUT2D eigenvalue weighted by atomic mass is 15.2. The SMILES string of the molecule is CCCCN(CCCC)C(CCC)(CC(C)C)CC(C)C. The smallest absolute Gasteiger partial charge is 0.0214 e. The zero-order valence-electron chi connectivity index (χ0n) is 16.2.